The Balaban J connectivity index is 1.64. The molecule has 0 aliphatic carbocycles. The fourth-order valence-corrected chi connectivity index (χ4v) is 6.55. The summed E-state index contributed by atoms with van der Waals surface area (Å²) in [7, 11) is -1.59. The van der Waals surface area contributed by atoms with E-state index in [0.29, 0.717) is 12.1 Å². The first-order valence-electron chi connectivity index (χ1n) is 11.8. The maximum absolute atomic E-state index is 13.2. The third kappa shape index (κ3) is 4.63. The Bertz CT molecular complexity index is 1320. The number of halogens is 1. The van der Waals surface area contributed by atoms with Gasteiger partial charge in [0.15, 0.2) is 9.84 Å². The van der Waals surface area contributed by atoms with E-state index in [4.69, 9.17) is 0 Å². The van der Waals surface area contributed by atoms with Gasteiger partial charge in [0.1, 0.15) is 5.82 Å². The first-order valence-corrected chi connectivity index (χ1v) is 13.4. The summed E-state index contributed by atoms with van der Waals surface area (Å²) < 4.78 is 41.2. The van der Waals surface area contributed by atoms with E-state index in [0.717, 1.165) is 23.7 Å². The van der Waals surface area contributed by atoms with Gasteiger partial charge in [-0.1, -0.05) is 19.9 Å². The van der Waals surface area contributed by atoms with Gasteiger partial charge in [0.25, 0.3) is 0 Å². The van der Waals surface area contributed by atoms with E-state index < -0.39 is 15.7 Å². The van der Waals surface area contributed by atoms with Gasteiger partial charge in [-0.25, -0.2) is 12.8 Å². The quantitative estimate of drug-likeness (QED) is 0.454. The number of piperidine rings is 1. The van der Waals surface area contributed by atoms with Gasteiger partial charge in [-0.15, -0.1) is 0 Å². The number of benzene rings is 2. The summed E-state index contributed by atoms with van der Waals surface area (Å²) >= 11 is 0. The minimum Gasteiger partial charge on any atom is -0.350 e. The van der Waals surface area contributed by atoms with Crippen LogP contribution in [-0.2, 0) is 27.4 Å². The van der Waals surface area contributed by atoms with Crippen LogP contribution in [0.15, 0.2) is 53.6 Å². The number of carbonyl (C=O) groups is 1. The topological polar surface area (TPSA) is 59.4 Å². The number of carbonyl (C=O) groups excluding carboxylic acids is 1. The lowest BCUT2D eigenvalue weighted by atomic mass is 9.78. The lowest BCUT2D eigenvalue weighted by Crippen LogP contribution is -2.53. The summed E-state index contributed by atoms with van der Waals surface area (Å²) in [5.74, 6) is -0.165. The van der Waals surface area contributed by atoms with Crippen molar-refractivity contribution < 1.29 is 17.6 Å². The summed E-state index contributed by atoms with van der Waals surface area (Å²) in [5.41, 5.74) is 2.70. The van der Waals surface area contributed by atoms with Crippen molar-refractivity contribution in [3.8, 4) is 0 Å². The summed E-state index contributed by atoms with van der Waals surface area (Å²) in [6.07, 6.45) is 3.87. The Morgan fingerprint density at radius 2 is 1.82 bits per heavy atom. The fourth-order valence-electron chi connectivity index (χ4n) is 5.22. The second-order valence-corrected chi connectivity index (χ2v) is 12.4. The Kier molecular flexibility index (Phi) is 6.36. The third-order valence-corrected chi connectivity index (χ3v) is 8.70. The van der Waals surface area contributed by atoms with Gasteiger partial charge in [0.2, 0.25) is 5.91 Å². The predicted molar refractivity (Wildman–Crippen MR) is 133 cm³/mol. The predicted octanol–water partition coefficient (Wildman–Crippen LogP) is 5.43. The van der Waals surface area contributed by atoms with Gasteiger partial charge in [0.05, 0.1) is 10.6 Å². The van der Waals surface area contributed by atoms with Gasteiger partial charge < -0.3 is 9.47 Å². The molecule has 0 radical (unpaired) electrons. The Hall–Kier alpha value is -2.67. The SMILES string of the molecule is CC(C)C(=O)N1CC[C@@H](c2cn(C)c3ccc(CS(=O)(=O)c4ccc(F)cc4)cc23)CC1(C)C. The van der Waals surface area contributed by atoms with Gasteiger partial charge in [-0.05, 0) is 80.1 Å². The summed E-state index contributed by atoms with van der Waals surface area (Å²) in [4.78, 5) is 14.9. The molecule has 5 nitrogen and oxygen atoms in total. The van der Waals surface area contributed by atoms with Crippen molar-refractivity contribution in [1.82, 2.24) is 9.47 Å². The number of aromatic nitrogens is 1. The molecular formula is C27H33FN2O3S. The van der Waals surface area contributed by atoms with Crippen molar-refractivity contribution in [2.24, 2.45) is 13.0 Å². The molecule has 2 aromatic carbocycles. The lowest BCUT2D eigenvalue weighted by Gasteiger charge is -2.46. The van der Waals surface area contributed by atoms with E-state index in [1.165, 1.54) is 29.8 Å². The highest BCUT2D eigenvalue weighted by Crippen LogP contribution is 2.41. The average molecular weight is 485 g/mol. The maximum atomic E-state index is 13.2. The highest BCUT2D eigenvalue weighted by molar-refractivity contribution is 7.90. The zero-order chi connectivity index (χ0) is 24.8. The molecule has 1 aliphatic rings. The zero-order valence-corrected chi connectivity index (χ0v) is 21.3. The molecule has 0 saturated carbocycles. The van der Waals surface area contributed by atoms with Crippen molar-refractivity contribution >= 4 is 26.6 Å². The molecule has 3 aromatic rings. The van der Waals surface area contributed by atoms with Crippen LogP contribution < -0.4 is 0 Å². The highest BCUT2D eigenvalue weighted by Gasteiger charge is 2.39. The molecule has 1 saturated heterocycles. The van der Waals surface area contributed by atoms with E-state index in [-0.39, 0.29) is 33.9 Å². The number of amides is 1. The molecule has 4 rings (SSSR count). The maximum Gasteiger partial charge on any atom is 0.225 e. The van der Waals surface area contributed by atoms with Crippen LogP contribution in [0.25, 0.3) is 10.9 Å². The van der Waals surface area contributed by atoms with Crippen LogP contribution in [0.2, 0.25) is 0 Å². The van der Waals surface area contributed by atoms with Crippen LogP contribution in [0, 0.1) is 11.7 Å². The molecule has 1 amide bonds. The van der Waals surface area contributed by atoms with E-state index in [1.807, 2.05) is 44.0 Å². The Morgan fingerprint density at radius 3 is 2.44 bits per heavy atom. The molecule has 0 spiro atoms. The zero-order valence-electron chi connectivity index (χ0n) is 20.5. The number of likely N-dealkylation sites (tertiary alicyclic amines) is 1. The smallest absolute Gasteiger partial charge is 0.225 e. The minimum absolute atomic E-state index is 0.0287. The third-order valence-electron chi connectivity index (χ3n) is 6.99. The molecule has 0 N–H and O–H groups in total. The van der Waals surface area contributed by atoms with Gasteiger partial charge in [-0.2, -0.15) is 0 Å². The number of fused-ring (bicyclic) bond motifs is 1. The number of rotatable bonds is 5. The van der Waals surface area contributed by atoms with Crippen LogP contribution in [-0.4, -0.2) is 35.9 Å². The van der Waals surface area contributed by atoms with Crippen LogP contribution >= 0.6 is 0 Å². The molecule has 1 fully saturated rings. The normalized spacial score (nSPS) is 18.6. The first-order chi connectivity index (χ1) is 15.9. The highest BCUT2D eigenvalue weighted by atomic mass is 32.2. The van der Waals surface area contributed by atoms with Crippen molar-refractivity contribution in [2.75, 3.05) is 6.54 Å². The van der Waals surface area contributed by atoms with Gasteiger partial charge in [-0.3, -0.25) is 4.79 Å². The Labute approximate surface area is 201 Å². The largest absolute Gasteiger partial charge is 0.350 e. The molecule has 1 atom stereocenters. The number of sulfone groups is 1. The second-order valence-electron chi connectivity index (χ2n) is 10.4. The molecular weight excluding hydrogens is 451 g/mol. The number of nitrogens with zero attached hydrogens (tertiary/aromatic N) is 2. The number of aryl methyl sites for hydroxylation is 1. The van der Waals surface area contributed by atoms with Crippen LogP contribution in [0.4, 0.5) is 4.39 Å². The van der Waals surface area contributed by atoms with E-state index in [9.17, 15) is 17.6 Å². The molecule has 1 aliphatic heterocycles. The fraction of sp³-hybridized carbons (Fsp3) is 0.444. The van der Waals surface area contributed by atoms with Crippen LogP contribution in [0.1, 0.15) is 57.6 Å². The minimum atomic E-state index is -3.59. The summed E-state index contributed by atoms with van der Waals surface area (Å²) in [6, 6.07) is 10.8. The van der Waals surface area contributed by atoms with Gasteiger partial charge >= 0.3 is 0 Å². The standard InChI is InChI=1S/C27H33FN2O3S/c1-18(2)26(31)30-13-12-20(15-27(30,3)4)24-16-29(5)25-11-6-19(14-23(24)25)17-34(32,33)22-9-7-21(28)8-10-22/h6-11,14,16,18,20H,12-13,15,17H2,1-5H3/t20-/m1/s1. The second kappa shape index (κ2) is 8.84. The molecule has 0 bridgehead atoms. The lowest BCUT2D eigenvalue weighted by molar-refractivity contribution is -0.142. The van der Waals surface area contributed by atoms with Crippen molar-refractivity contribution in [1.29, 1.82) is 0 Å². The van der Waals surface area contributed by atoms with E-state index in [2.05, 4.69) is 24.6 Å². The van der Waals surface area contributed by atoms with Crippen molar-refractivity contribution in [2.45, 2.75) is 62.6 Å². The molecule has 7 heteroatoms. The molecule has 2 heterocycles. The van der Waals surface area contributed by atoms with Crippen LogP contribution in [0.3, 0.4) is 0 Å². The van der Waals surface area contributed by atoms with Gasteiger partial charge in [0, 0.05) is 42.1 Å². The van der Waals surface area contributed by atoms with E-state index in [1.54, 1.807) is 0 Å². The Morgan fingerprint density at radius 1 is 1.15 bits per heavy atom. The van der Waals surface area contributed by atoms with Crippen LogP contribution in [0.5, 0.6) is 0 Å². The number of hydrogen-bond acceptors (Lipinski definition) is 3. The molecule has 1 aromatic heterocycles. The van der Waals surface area contributed by atoms with Crippen molar-refractivity contribution in [3.63, 3.8) is 0 Å². The molecule has 0 unspecified atom stereocenters. The average Bonchev–Trinajstić information content (AvgIpc) is 3.08. The molecule has 34 heavy (non-hydrogen) atoms. The summed E-state index contributed by atoms with van der Waals surface area (Å²) in [5, 5.41) is 1.05. The molecule has 182 valence electrons. The number of hydrogen-bond donors (Lipinski definition) is 0. The monoisotopic (exact) mass is 484 g/mol. The summed E-state index contributed by atoms with van der Waals surface area (Å²) in [6.45, 7) is 8.85. The van der Waals surface area contributed by atoms with E-state index >= 15 is 0 Å². The first kappa shape index (κ1) is 24.5. The van der Waals surface area contributed by atoms with Crippen molar-refractivity contribution in [3.05, 3.63) is 65.6 Å².